The zero-order chi connectivity index (χ0) is 13.5. The van der Waals surface area contributed by atoms with Gasteiger partial charge in [-0.1, -0.05) is 24.3 Å². The second-order valence-electron chi connectivity index (χ2n) is 7.09. The summed E-state index contributed by atoms with van der Waals surface area (Å²) in [4.78, 5) is 2.72. The standard InChI is InChI=1S/C18H26N2/c1-20(18-11-15-7-8-16(12-18)19-15)17-9-6-13-4-2-3-5-14(13)10-17/h2-5,15-19H,6-12H2,1H3. The number of nitrogens with one attached hydrogen (secondary N) is 1. The van der Waals surface area contributed by atoms with Crippen molar-refractivity contribution in [3.63, 3.8) is 0 Å². The number of benzene rings is 1. The van der Waals surface area contributed by atoms with Crippen LogP contribution in [0.4, 0.5) is 0 Å². The Morgan fingerprint density at radius 3 is 2.40 bits per heavy atom. The van der Waals surface area contributed by atoms with Crippen LogP contribution in [0.2, 0.25) is 0 Å². The first kappa shape index (κ1) is 12.8. The summed E-state index contributed by atoms with van der Waals surface area (Å²) in [6.45, 7) is 0. The van der Waals surface area contributed by atoms with Gasteiger partial charge in [0.2, 0.25) is 0 Å². The molecule has 0 spiro atoms. The molecule has 108 valence electrons. The van der Waals surface area contributed by atoms with E-state index in [0.717, 1.165) is 24.2 Å². The molecule has 2 heterocycles. The molecule has 1 aromatic rings. The normalized spacial score (nSPS) is 36.1. The molecule has 0 aromatic heterocycles. The molecular formula is C18H26N2. The van der Waals surface area contributed by atoms with Gasteiger partial charge in [-0.25, -0.2) is 0 Å². The Hall–Kier alpha value is -0.860. The summed E-state index contributed by atoms with van der Waals surface area (Å²) in [6.07, 6.45) is 9.41. The van der Waals surface area contributed by atoms with Crippen molar-refractivity contribution in [2.75, 3.05) is 7.05 Å². The van der Waals surface area contributed by atoms with Crippen molar-refractivity contribution in [3.05, 3.63) is 35.4 Å². The molecule has 1 aliphatic carbocycles. The second-order valence-corrected chi connectivity index (χ2v) is 7.09. The van der Waals surface area contributed by atoms with Gasteiger partial charge in [-0.05, 0) is 63.1 Å². The van der Waals surface area contributed by atoms with Crippen LogP contribution < -0.4 is 5.32 Å². The Kier molecular flexibility index (Phi) is 3.31. The van der Waals surface area contributed by atoms with Crippen LogP contribution in [0.3, 0.4) is 0 Å². The molecule has 0 saturated carbocycles. The number of fused-ring (bicyclic) bond motifs is 3. The maximum Gasteiger partial charge on any atom is 0.0139 e. The molecule has 1 N–H and O–H groups in total. The highest BCUT2D eigenvalue weighted by Crippen LogP contribution is 2.32. The van der Waals surface area contributed by atoms with Gasteiger partial charge in [0.15, 0.2) is 0 Å². The third-order valence-corrected chi connectivity index (χ3v) is 5.92. The molecule has 0 radical (unpaired) electrons. The van der Waals surface area contributed by atoms with Gasteiger partial charge in [-0.3, -0.25) is 0 Å². The molecule has 20 heavy (non-hydrogen) atoms. The number of rotatable bonds is 2. The van der Waals surface area contributed by atoms with Gasteiger partial charge in [0.1, 0.15) is 0 Å². The zero-order valence-electron chi connectivity index (χ0n) is 12.5. The van der Waals surface area contributed by atoms with Crippen molar-refractivity contribution in [1.82, 2.24) is 10.2 Å². The van der Waals surface area contributed by atoms with Gasteiger partial charge in [0.25, 0.3) is 0 Å². The minimum Gasteiger partial charge on any atom is -0.311 e. The van der Waals surface area contributed by atoms with Crippen LogP contribution in [0.15, 0.2) is 24.3 Å². The van der Waals surface area contributed by atoms with Crippen LogP contribution >= 0.6 is 0 Å². The lowest BCUT2D eigenvalue weighted by atomic mass is 9.86. The van der Waals surface area contributed by atoms with Crippen molar-refractivity contribution < 1.29 is 0 Å². The first-order valence-electron chi connectivity index (χ1n) is 8.34. The van der Waals surface area contributed by atoms with Crippen LogP contribution in [0.5, 0.6) is 0 Å². The van der Waals surface area contributed by atoms with E-state index >= 15 is 0 Å². The Morgan fingerprint density at radius 2 is 1.65 bits per heavy atom. The van der Waals surface area contributed by atoms with E-state index in [-0.39, 0.29) is 0 Å². The SMILES string of the molecule is CN(C1CCc2ccccc2C1)C1CC2CCC(C1)N2. The molecule has 0 amide bonds. The Balaban J connectivity index is 1.46. The maximum absolute atomic E-state index is 3.77. The third-order valence-electron chi connectivity index (χ3n) is 5.92. The van der Waals surface area contributed by atoms with E-state index < -0.39 is 0 Å². The molecule has 2 bridgehead atoms. The van der Waals surface area contributed by atoms with E-state index in [1.54, 1.807) is 11.1 Å². The number of hydrogen-bond donors (Lipinski definition) is 1. The van der Waals surface area contributed by atoms with Crippen LogP contribution in [0, 0.1) is 0 Å². The molecule has 2 saturated heterocycles. The van der Waals surface area contributed by atoms with Gasteiger partial charge in [-0.2, -0.15) is 0 Å². The maximum atomic E-state index is 3.77. The molecule has 3 atom stereocenters. The summed E-state index contributed by atoms with van der Waals surface area (Å²) in [5.74, 6) is 0. The molecule has 4 rings (SSSR count). The van der Waals surface area contributed by atoms with Crippen molar-refractivity contribution >= 4 is 0 Å². The fourth-order valence-corrected chi connectivity index (χ4v) is 4.68. The topological polar surface area (TPSA) is 15.3 Å². The molecule has 3 aliphatic rings. The highest BCUT2D eigenvalue weighted by atomic mass is 15.2. The fourth-order valence-electron chi connectivity index (χ4n) is 4.68. The van der Waals surface area contributed by atoms with E-state index in [0.29, 0.717) is 0 Å². The van der Waals surface area contributed by atoms with E-state index in [1.165, 1.54) is 44.9 Å². The highest BCUT2D eigenvalue weighted by Gasteiger charge is 2.37. The average molecular weight is 270 g/mol. The molecule has 2 heteroatoms. The fraction of sp³-hybridized carbons (Fsp3) is 0.667. The second kappa shape index (κ2) is 5.16. The first-order valence-corrected chi connectivity index (χ1v) is 8.34. The van der Waals surface area contributed by atoms with Crippen LogP contribution in [0.25, 0.3) is 0 Å². The lowest BCUT2D eigenvalue weighted by Crippen LogP contribution is -2.51. The number of piperidine rings is 1. The number of aryl methyl sites for hydroxylation is 1. The van der Waals surface area contributed by atoms with Gasteiger partial charge >= 0.3 is 0 Å². The monoisotopic (exact) mass is 270 g/mol. The number of hydrogen-bond acceptors (Lipinski definition) is 2. The predicted molar refractivity (Wildman–Crippen MR) is 83.0 cm³/mol. The van der Waals surface area contributed by atoms with E-state index in [9.17, 15) is 0 Å². The van der Waals surface area contributed by atoms with Crippen molar-refractivity contribution in [1.29, 1.82) is 0 Å². The van der Waals surface area contributed by atoms with Crippen LogP contribution in [0.1, 0.15) is 43.2 Å². The Bertz CT molecular complexity index is 472. The van der Waals surface area contributed by atoms with Gasteiger partial charge in [0.05, 0.1) is 0 Å². The quantitative estimate of drug-likeness (QED) is 0.889. The molecule has 2 fully saturated rings. The first-order chi connectivity index (χ1) is 9.79. The molecule has 2 nitrogen and oxygen atoms in total. The molecular weight excluding hydrogens is 244 g/mol. The predicted octanol–water partition coefficient (Wildman–Crippen LogP) is 2.76. The molecule has 3 unspecified atom stereocenters. The number of nitrogens with zero attached hydrogens (tertiary/aromatic N) is 1. The average Bonchev–Trinajstić information content (AvgIpc) is 2.84. The third kappa shape index (κ3) is 2.29. The van der Waals surface area contributed by atoms with E-state index in [4.69, 9.17) is 0 Å². The Morgan fingerprint density at radius 1 is 0.950 bits per heavy atom. The zero-order valence-corrected chi connectivity index (χ0v) is 12.5. The smallest absolute Gasteiger partial charge is 0.0139 e. The van der Waals surface area contributed by atoms with Crippen molar-refractivity contribution in [2.24, 2.45) is 0 Å². The highest BCUT2D eigenvalue weighted by molar-refractivity contribution is 5.30. The van der Waals surface area contributed by atoms with Gasteiger partial charge in [-0.15, -0.1) is 0 Å². The summed E-state index contributed by atoms with van der Waals surface area (Å²) in [6, 6.07) is 12.2. The minimum absolute atomic E-state index is 0.757. The number of likely N-dealkylation sites (N-methyl/N-ethyl adjacent to an activating group) is 1. The molecule has 1 aromatic carbocycles. The summed E-state index contributed by atoms with van der Waals surface area (Å²) in [7, 11) is 2.38. The molecule has 2 aliphatic heterocycles. The van der Waals surface area contributed by atoms with Crippen molar-refractivity contribution in [2.45, 2.75) is 69.1 Å². The summed E-state index contributed by atoms with van der Waals surface area (Å²) in [5, 5.41) is 3.77. The van der Waals surface area contributed by atoms with Crippen LogP contribution in [-0.4, -0.2) is 36.1 Å². The van der Waals surface area contributed by atoms with E-state index in [1.807, 2.05) is 0 Å². The van der Waals surface area contributed by atoms with E-state index in [2.05, 4.69) is 41.5 Å². The minimum atomic E-state index is 0.757. The van der Waals surface area contributed by atoms with Gasteiger partial charge in [0, 0.05) is 24.2 Å². The summed E-state index contributed by atoms with van der Waals surface area (Å²) >= 11 is 0. The summed E-state index contributed by atoms with van der Waals surface area (Å²) in [5.41, 5.74) is 3.18. The van der Waals surface area contributed by atoms with Gasteiger partial charge < -0.3 is 10.2 Å². The van der Waals surface area contributed by atoms with Crippen molar-refractivity contribution in [3.8, 4) is 0 Å². The largest absolute Gasteiger partial charge is 0.311 e. The Labute approximate surface area is 122 Å². The van der Waals surface area contributed by atoms with Crippen LogP contribution in [-0.2, 0) is 12.8 Å². The lowest BCUT2D eigenvalue weighted by molar-refractivity contribution is 0.115. The summed E-state index contributed by atoms with van der Waals surface area (Å²) < 4.78 is 0. The lowest BCUT2D eigenvalue weighted by Gasteiger charge is -2.41.